The van der Waals surface area contributed by atoms with Crippen LogP contribution in [0, 0.1) is 24.7 Å². The third-order valence-electron chi connectivity index (χ3n) is 15.4. The van der Waals surface area contributed by atoms with E-state index in [2.05, 4.69) is 20.6 Å². The highest BCUT2D eigenvalue weighted by Gasteiger charge is 2.42. The summed E-state index contributed by atoms with van der Waals surface area (Å²) in [4.78, 5) is 25.8. The van der Waals surface area contributed by atoms with Crippen molar-refractivity contribution >= 4 is 32.0 Å². The van der Waals surface area contributed by atoms with Gasteiger partial charge >= 0.3 is 11.9 Å². The zero-order valence-corrected chi connectivity index (χ0v) is 48.9. The lowest BCUT2D eigenvalue weighted by molar-refractivity contribution is -0.159. The molecular formula is C60H70N8O12S2. The number of carboxylic acids is 2. The lowest BCUT2D eigenvalue weighted by Crippen LogP contribution is -2.36. The molecule has 22 heteroatoms. The minimum atomic E-state index is -3.94. The van der Waals surface area contributed by atoms with Crippen molar-refractivity contribution in [3.8, 4) is 11.5 Å². The Kier molecular flexibility index (Phi) is 17.5. The summed E-state index contributed by atoms with van der Waals surface area (Å²) >= 11 is 0. The van der Waals surface area contributed by atoms with Gasteiger partial charge in [-0.1, -0.05) is 109 Å². The van der Waals surface area contributed by atoms with Gasteiger partial charge in [0.15, 0.2) is 0 Å². The Labute approximate surface area is 478 Å². The van der Waals surface area contributed by atoms with Gasteiger partial charge in [0.2, 0.25) is 20.0 Å². The second kappa shape index (κ2) is 24.2. The fourth-order valence-corrected chi connectivity index (χ4v) is 13.3. The van der Waals surface area contributed by atoms with Crippen molar-refractivity contribution in [3.05, 3.63) is 177 Å². The molecule has 434 valence electrons. The number of ether oxygens (including phenoxy) is 4. The molecule has 0 amide bonds. The Morgan fingerprint density at radius 2 is 0.988 bits per heavy atom. The Hall–Kier alpha value is -7.34. The van der Waals surface area contributed by atoms with Gasteiger partial charge in [-0.3, -0.25) is 9.59 Å². The number of hydrogen-bond donors (Lipinski definition) is 2. The van der Waals surface area contributed by atoms with Crippen molar-refractivity contribution in [1.82, 2.24) is 38.6 Å². The molecule has 2 aromatic heterocycles. The molecule has 0 fully saturated rings. The van der Waals surface area contributed by atoms with E-state index in [-0.39, 0.29) is 61.4 Å². The lowest BCUT2D eigenvalue weighted by Gasteiger charge is -2.31. The predicted molar refractivity (Wildman–Crippen MR) is 302 cm³/mol. The van der Waals surface area contributed by atoms with E-state index in [9.17, 15) is 36.6 Å². The highest BCUT2D eigenvalue weighted by Crippen LogP contribution is 2.41. The third kappa shape index (κ3) is 12.8. The van der Waals surface area contributed by atoms with Gasteiger partial charge in [0, 0.05) is 13.1 Å². The minimum absolute atomic E-state index is 0.0417. The van der Waals surface area contributed by atoms with Crippen molar-refractivity contribution in [3.63, 3.8) is 0 Å². The van der Waals surface area contributed by atoms with Gasteiger partial charge in [-0.25, -0.2) is 26.2 Å². The van der Waals surface area contributed by atoms with Crippen LogP contribution in [0.15, 0.2) is 131 Å². The summed E-state index contributed by atoms with van der Waals surface area (Å²) in [7, 11) is -7.88. The largest absolute Gasteiger partial charge is 0.488 e. The smallest absolute Gasteiger partial charge is 0.312 e. The van der Waals surface area contributed by atoms with E-state index < -0.39 is 55.0 Å². The molecular weight excluding hydrogens is 1090 g/mol. The van der Waals surface area contributed by atoms with Gasteiger partial charge in [-0.2, -0.15) is 8.61 Å². The summed E-state index contributed by atoms with van der Waals surface area (Å²) in [6, 6.07) is 32.1. The van der Waals surface area contributed by atoms with Crippen LogP contribution in [0.1, 0.15) is 122 Å². The molecule has 20 nitrogen and oxygen atoms in total. The van der Waals surface area contributed by atoms with Crippen LogP contribution < -0.4 is 9.47 Å². The van der Waals surface area contributed by atoms with E-state index in [1.807, 2.05) is 88.4 Å². The van der Waals surface area contributed by atoms with Crippen molar-refractivity contribution in [2.45, 2.75) is 142 Å². The van der Waals surface area contributed by atoms with E-state index in [1.54, 1.807) is 98.0 Å². The Balaban J connectivity index is 0.847. The van der Waals surface area contributed by atoms with Crippen LogP contribution in [0.4, 0.5) is 0 Å². The summed E-state index contributed by atoms with van der Waals surface area (Å²) in [5, 5.41) is 38.3. The van der Waals surface area contributed by atoms with E-state index in [4.69, 9.17) is 18.9 Å². The first-order valence-electron chi connectivity index (χ1n) is 27.2. The molecule has 2 aliphatic heterocycles. The molecule has 0 bridgehead atoms. The zero-order valence-electron chi connectivity index (χ0n) is 47.3. The summed E-state index contributed by atoms with van der Waals surface area (Å²) < 4.78 is 87.4. The number of aryl methyl sites for hydroxylation is 2. The number of para-hydroxylation sites is 2. The van der Waals surface area contributed by atoms with Crippen molar-refractivity contribution in [2.24, 2.45) is 10.8 Å². The first kappa shape index (κ1) is 59.3. The van der Waals surface area contributed by atoms with Crippen LogP contribution in [0.25, 0.3) is 0 Å². The number of hydrogen-bond acceptors (Lipinski definition) is 14. The number of fused-ring (bicyclic) bond motifs is 2. The van der Waals surface area contributed by atoms with Crippen LogP contribution in [-0.4, -0.2) is 103 Å². The highest BCUT2D eigenvalue weighted by atomic mass is 32.2. The van der Waals surface area contributed by atoms with Crippen molar-refractivity contribution in [1.29, 1.82) is 0 Å². The van der Waals surface area contributed by atoms with Crippen molar-refractivity contribution in [2.75, 3.05) is 13.1 Å². The van der Waals surface area contributed by atoms with Gasteiger partial charge in [0.05, 0.1) is 74.8 Å². The second-order valence-electron chi connectivity index (χ2n) is 22.2. The summed E-state index contributed by atoms with van der Waals surface area (Å²) in [6.45, 7) is 15.0. The van der Waals surface area contributed by atoms with Gasteiger partial charge in [-0.15, -0.1) is 10.2 Å². The Bertz CT molecular complexity index is 3460. The molecule has 4 atom stereocenters. The molecule has 5 aromatic carbocycles. The standard InChI is InChI=1S/C60H70N8O12S2/c1-9-49-35-67(81(73,74)53-20-13-11-18-51(53)79-49)31-45-27-43(24-22-39(45)3)55(59(5,6)57(69)70)77-37-47-33-65(63-61-47)29-41-16-15-17-42(26-41)30-66-34-48(62-64-66)38-78-56(60(7,8)58(71)72)44-25-23-40(4)46(28-44)32-68-36-50(10-2)80-52-19-12-14-21-54(52)82(68,75)76/h11-28,33-34,49-50,55-56H,9-10,29-32,35-38H2,1-8H3,(H,69,70)(H,71,72)/t49-,50-,55?,56?/m1/s1. The SMILES string of the molecule is CC[C@@H]1CN(Cc2cc(C(OCc3cn(Cc4cccc(Cn5cc(COC(c6ccc(C)c(CN7C[C@@H](CC)Oc8ccccc8S7(=O)=O)c6)C(C)(C)C(=O)O)nn5)c4)nn3)C(C)(C)C(=O)O)ccc2C)S(=O)(=O)c2ccccc2O1. The first-order chi connectivity index (χ1) is 39.0. The molecule has 0 radical (unpaired) electrons. The van der Waals surface area contributed by atoms with E-state index >= 15 is 0 Å². The van der Waals surface area contributed by atoms with Gasteiger partial charge in [-0.05, 0) is 123 Å². The number of sulfonamides is 2. The third-order valence-corrected chi connectivity index (χ3v) is 19.1. The number of aromatic nitrogens is 6. The number of rotatable bonds is 22. The van der Waals surface area contributed by atoms with Crippen LogP contribution in [0.3, 0.4) is 0 Å². The maximum Gasteiger partial charge on any atom is 0.312 e. The molecule has 2 unspecified atom stereocenters. The predicted octanol–water partition coefficient (Wildman–Crippen LogP) is 9.04. The monoisotopic (exact) mass is 1160 g/mol. The van der Waals surface area contributed by atoms with Gasteiger partial charge in [0.25, 0.3) is 0 Å². The normalized spacial score (nSPS) is 18.0. The summed E-state index contributed by atoms with van der Waals surface area (Å²) in [6.07, 6.45) is 2.01. The van der Waals surface area contributed by atoms with Gasteiger partial charge < -0.3 is 29.2 Å². The maximum absolute atomic E-state index is 14.0. The molecule has 0 aliphatic carbocycles. The minimum Gasteiger partial charge on any atom is -0.488 e. The fraction of sp³-hybridized carbons (Fsp3) is 0.400. The number of carboxylic acid groups (broad SMARTS) is 2. The van der Waals surface area contributed by atoms with Crippen LogP contribution in [0.2, 0.25) is 0 Å². The summed E-state index contributed by atoms with van der Waals surface area (Å²) in [5.74, 6) is -1.52. The quantitative estimate of drug-likeness (QED) is 0.0642. The molecule has 82 heavy (non-hydrogen) atoms. The first-order valence-corrected chi connectivity index (χ1v) is 30.1. The van der Waals surface area contributed by atoms with Crippen molar-refractivity contribution < 1.29 is 55.6 Å². The van der Waals surface area contributed by atoms with Crippen LogP contribution >= 0.6 is 0 Å². The second-order valence-corrected chi connectivity index (χ2v) is 26.0. The molecule has 2 aliphatic rings. The number of benzene rings is 5. The van der Waals surface area contributed by atoms with Crippen LogP contribution in [0.5, 0.6) is 11.5 Å². The molecule has 9 rings (SSSR count). The molecule has 7 aromatic rings. The molecule has 0 saturated heterocycles. The highest BCUT2D eigenvalue weighted by molar-refractivity contribution is 7.89. The average molecular weight is 1160 g/mol. The van der Waals surface area contributed by atoms with E-state index in [0.29, 0.717) is 71.1 Å². The Morgan fingerprint density at radius 1 is 0.585 bits per heavy atom. The number of aliphatic carboxylic acids is 2. The fourth-order valence-electron chi connectivity index (χ4n) is 10.2. The van der Waals surface area contributed by atoms with E-state index in [0.717, 1.165) is 22.3 Å². The number of carbonyl (C=O) groups is 2. The molecule has 0 saturated carbocycles. The lowest BCUT2D eigenvalue weighted by atomic mass is 9.81. The average Bonchev–Trinajstić information content (AvgIpc) is 4.25. The summed E-state index contributed by atoms with van der Waals surface area (Å²) in [5.41, 5.74) is 4.16. The maximum atomic E-state index is 14.0. The molecule has 0 spiro atoms. The molecule has 4 heterocycles. The van der Waals surface area contributed by atoms with E-state index in [1.165, 1.54) is 8.61 Å². The Morgan fingerprint density at radius 3 is 1.38 bits per heavy atom. The van der Waals surface area contributed by atoms with Gasteiger partial charge in [0.1, 0.15) is 44.9 Å². The van der Waals surface area contributed by atoms with Crippen LogP contribution in [-0.2, 0) is 78.5 Å². The number of nitrogens with zero attached hydrogens (tertiary/aromatic N) is 8. The molecule has 2 N–H and O–H groups in total. The zero-order chi connectivity index (χ0) is 58.7. The topological polar surface area (TPSA) is 248 Å².